The van der Waals surface area contributed by atoms with E-state index in [9.17, 15) is 4.39 Å². The maximum Gasteiger partial charge on any atom is 0.154 e. The van der Waals surface area contributed by atoms with E-state index in [0.717, 1.165) is 43.1 Å². The highest BCUT2D eigenvalue weighted by molar-refractivity contribution is 6.29. The maximum absolute atomic E-state index is 14.1. The summed E-state index contributed by atoms with van der Waals surface area (Å²) >= 11 is 5.97. The Morgan fingerprint density at radius 2 is 1.96 bits per heavy atom. The van der Waals surface area contributed by atoms with Gasteiger partial charge in [-0.15, -0.1) is 0 Å². The van der Waals surface area contributed by atoms with E-state index < -0.39 is 0 Å². The number of nitrogens with one attached hydrogen (secondary N) is 1. The average Bonchev–Trinajstić information content (AvgIpc) is 2.98. The fourth-order valence-electron chi connectivity index (χ4n) is 2.88. The zero-order valence-corrected chi connectivity index (χ0v) is 13.1. The maximum atomic E-state index is 14.1. The number of hydrogen-bond donors (Lipinski definition) is 1. The molecule has 23 heavy (non-hydrogen) atoms. The number of rotatable bonds is 2. The normalized spacial score (nSPS) is 15.3. The molecule has 1 saturated heterocycles. The molecule has 7 heteroatoms. The summed E-state index contributed by atoms with van der Waals surface area (Å²) in [5.74, 6) is -0.270. The second kappa shape index (κ2) is 5.79. The molecule has 4 rings (SSSR count). The van der Waals surface area contributed by atoms with Gasteiger partial charge in [-0.2, -0.15) is 5.10 Å². The van der Waals surface area contributed by atoms with Crippen LogP contribution in [0.5, 0.6) is 0 Å². The SMILES string of the molecule is Fc1cc(-c2cnc3ccc(Cl)nn23)cc(N2CCNCC2)c1. The molecule has 0 bridgehead atoms. The Morgan fingerprint density at radius 3 is 2.78 bits per heavy atom. The number of nitrogens with zero attached hydrogens (tertiary/aromatic N) is 4. The molecule has 0 unspecified atom stereocenters. The van der Waals surface area contributed by atoms with Crippen LogP contribution < -0.4 is 10.2 Å². The van der Waals surface area contributed by atoms with E-state index in [2.05, 4.69) is 20.3 Å². The molecule has 118 valence electrons. The number of anilines is 1. The zero-order valence-electron chi connectivity index (χ0n) is 12.3. The first-order chi connectivity index (χ1) is 11.2. The molecule has 0 amide bonds. The lowest BCUT2D eigenvalue weighted by Gasteiger charge is -2.29. The van der Waals surface area contributed by atoms with E-state index in [4.69, 9.17) is 11.6 Å². The van der Waals surface area contributed by atoms with Crippen LogP contribution in [0.4, 0.5) is 10.1 Å². The van der Waals surface area contributed by atoms with Gasteiger partial charge in [0.25, 0.3) is 0 Å². The van der Waals surface area contributed by atoms with Crippen molar-refractivity contribution in [3.8, 4) is 11.3 Å². The Hall–Kier alpha value is -2.18. The topological polar surface area (TPSA) is 45.5 Å². The Kier molecular flexibility index (Phi) is 3.63. The van der Waals surface area contributed by atoms with Gasteiger partial charge in [0, 0.05) is 37.4 Å². The van der Waals surface area contributed by atoms with Crippen molar-refractivity contribution in [3.63, 3.8) is 0 Å². The zero-order chi connectivity index (χ0) is 15.8. The number of fused-ring (bicyclic) bond motifs is 1. The lowest BCUT2D eigenvalue weighted by Crippen LogP contribution is -2.43. The second-order valence-corrected chi connectivity index (χ2v) is 5.89. The van der Waals surface area contributed by atoms with Crippen molar-refractivity contribution in [1.29, 1.82) is 0 Å². The molecule has 1 fully saturated rings. The minimum absolute atomic E-state index is 0.270. The number of piperazine rings is 1. The van der Waals surface area contributed by atoms with Crippen molar-refractivity contribution >= 4 is 22.9 Å². The number of halogens is 2. The first-order valence-electron chi connectivity index (χ1n) is 7.48. The van der Waals surface area contributed by atoms with Gasteiger partial charge in [0.2, 0.25) is 0 Å². The van der Waals surface area contributed by atoms with Crippen LogP contribution in [-0.2, 0) is 0 Å². The van der Waals surface area contributed by atoms with Crippen LogP contribution in [-0.4, -0.2) is 40.8 Å². The van der Waals surface area contributed by atoms with E-state index in [0.29, 0.717) is 10.8 Å². The lowest BCUT2D eigenvalue weighted by molar-refractivity contribution is 0.585. The predicted molar refractivity (Wildman–Crippen MR) is 88.5 cm³/mol. The van der Waals surface area contributed by atoms with Crippen molar-refractivity contribution in [1.82, 2.24) is 19.9 Å². The van der Waals surface area contributed by atoms with Gasteiger partial charge in [-0.3, -0.25) is 0 Å². The summed E-state index contributed by atoms with van der Waals surface area (Å²) in [6.07, 6.45) is 1.69. The van der Waals surface area contributed by atoms with Gasteiger partial charge in [-0.25, -0.2) is 13.9 Å². The number of aromatic nitrogens is 3. The number of hydrogen-bond acceptors (Lipinski definition) is 4. The highest BCUT2D eigenvalue weighted by Gasteiger charge is 2.15. The minimum atomic E-state index is -0.270. The molecule has 1 aliphatic rings. The van der Waals surface area contributed by atoms with Gasteiger partial charge < -0.3 is 10.2 Å². The lowest BCUT2D eigenvalue weighted by atomic mass is 10.1. The van der Waals surface area contributed by atoms with E-state index in [-0.39, 0.29) is 5.82 Å². The summed E-state index contributed by atoms with van der Waals surface area (Å²) in [4.78, 5) is 6.48. The molecule has 2 aromatic heterocycles. The predicted octanol–water partition coefficient (Wildman–Crippen LogP) is 2.60. The summed E-state index contributed by atoms with van der Waals surface area (Å²) in [6.45, 7) is 3.53. The van der Waals surface area contributed by atoms with Crippen LogP contribution >= 0.6 is 11.6 Å². The van der Waals surface area contributed by atoms with Crippen molar-refractivity contribution in [3.05, 3.63) is 47.5 Å². The Bertz CT molecular complexity index is 857. The largest absolute Gasteiger partial charge is 0.369 e. The molecular formula is C16H15ClFN5. The van der Waals surface area contributed by atoms with Gasteiger partial charge in [-0.1, -0.05) is 11.6 Å². The molecule has 3 heterocycles. The Balaban J connectivity index is 1.81. The fraction of sp³-hybridized carbons (Fsp3) is 0.250. The van der Waals surface area contributed by atoms with Crippen LogP contribution in [0, 0.1) is 5.82 Å². The smallest absolute Gasteiger partial charge is 0.154 e. The molecule has 1 aromatic carbocycles. The summed E-state index contributed by atoms with van der Waals surface area (Å²) in [6, 6.07) is 8.51. The van der Waals surface area contributed by atoms with Crippen molar-refractivity contribution < 1.29 is 4.39 Å². The van der Waals surface area contributed by atoms with E-state index in [1.54, 1.807) is 28.9 Å². The molecule has 1 N–H and O–H groups in total. The van der Waals surface area contributed by atoms with Crippen molar-refractivity contribution in [2.24, 2.45) is 0 Å². The van der Waals surface area contributed by atoms with E-state index in [1.165, 1.54) is 6.07 Å². The summed E-state index contributed by atoms with van der Waals surface area (Å²) in [5, 5.41) is 7.93. The van der Waals surface area contributed by atoms with Gasteiger partial charge in [0.05, 0.1) is 11.9 Å². The standard InChI is InChI=1S/C16H15ClFN5/c17-15-1-2-16-20-10-14(23(16)21-15)11-7-12(18)9-13(8-11)22-5-3-19-4-6-22/h1-2,7-10,19H,3-6H2. The van der Waals surface area contributed by atoms with Crippen LogP contribution in [0.2, 0.25) is 5.15 Å². The monoisotopic (exact) mass is 331 g/mol. The summed E-state index contributed by atoms with van der Waals surface area (Å²) < 4.78 is 15.8. The van der Waals surface area contributed by atoms with Crippen LogP contribution in [0.3, 0.4) is 0 Å². The fourth-order valence-corrected chi connectivity index (χ4v) is 3.01. The second-order valence-electron chi connectivity index (χ2n) is 5.50. The van der Waals surface area contributed by atoms with E-state index in [1.807, 2.05) is 6.07 Å². The highest BCUT2D eigenvalue weighted by atomic mass is 35.5. The highest BCUT2D eigenvalue weighted by Crippen LogP contribution is 2.27. The quantitative estimate of drug-likeness (QED) is 0.784. The van der Waals surface area contributed by atoms with Gasteiger partial charge in [-0.05, 0) is 30.3 Å². The van der Waals surface area contributed by atoms with Crippen molar-refractivity contribution in [2.45, 2.75) is 0 Å². The van der Waals surface area contributed by atoms with Crippen molar-refractivity contribution in [2.75, 3.05) is 31.1 Å². The Morgan fingerprint density at radius 1 is 1.13 bits per heavy atom. The summed E-state index contributed by atoms with van der Waals surface area (Å²) in [5.41, 5.74) is 3.01. The summed E-state index contributed by atoms with van der Waals surface area (Å²) in [7, 11) is 0. The third-order valence-corrected chi connectivity index (χ3v) is 4.19. The molecule has 0 saturated carbocycles. The number of imidazole rings is 1. The molecule has 0 radical (unpaired) electrons. The van der Waals surface area contributed by atoms with Gasteiger partial charge in [0.1, 0.15) is 11.0 Å². The third kappa shape index (κ3) is 2.75. The minimum Gasteiger partial charge on any atom is -0.369 e. The third-order valence-electron chi connectivity index (χ3n) is 3.99. The molecule has 3 aromatic rings. The van der Waals surface area contributed by atoms with Crippen LogP contribution in [0.1, 0.15) is 0 Å². The molecule has 1 aliphatic heterocycles. The first kappa shape index (κ1) is 14.4. The van der Waals surface area contributed by atoms with Gasteiger partial charge >= 0.3 is 0 Å². The molecule has 0 atom stereocenters. The first-order valence-corrected chi connectivity index (χ1v) is 7.85. The van der Waals surface area contributed by atoms with Crippen LogP contribution in [0.15, 0.2) is 36.5 Å². The average molecular weight is 332 g/mol. The van der Waals surface area contributed by atoms with Crippen LogP contribution in [0.25, 0.3) is 16.9 Å². The van der Waals surface area contributed by atoms with E-state index >= 15 is 0 Å². The Labute approximate surface area is 137 Å². The molecular weight excluding hydrogens is 317 g/mol. The molecule has 0 spiro atoms. The number of benzene rings is 1. The molecule has 5 nitrogen and oxygen atoms in total. The van der Waals surface area contributed by atoms with Gasteiger partial charge in [0.15, 0.2) is 5.65 Å². The molecule has 0 aliphatic carbocycles.